The van der Waals surface area contributed by atoms with Crippen LogP contribution >= 0.6 is 11.3 Å². The molecule has 0 bridgehead atoms. The third-order valence-electron chi connectivity index (χ3n) is 4.91. The number of benzene rings is 1. The first-order valence-corrected chi connectivity index (χ1v) is 10.4. The predicted octanol–water partition coefficient (Wildman–Crippen LogP) is 4.55. The highest BCUT2D eigenvalue weighted by Gasteiger charge is 2.24. The van der Waals surface area contributed by atoms with Crippen LogP contribution in [0.5, 0.6) is 5.75 Å². The molecular weight excluding hydrogens is 388 g/mol. The van der Waals surface area contributed by atoms with Crippen LogP contribution in [0, 0.1) is 0 Å². The molecule has 4 rings (SSSR count). The van der Waals surface area contributed by atoms with Crippen LogP contribution in [0.15, 0.2) is 51.9 Å². The van der Waals surface area contributed by atoms with Gasteiger partial charge in [0.1, 0.15) is 16.0 Å². The van der Waals surface area contributed by atoms with Gasteiger partial charge in [0, 0.05) is 11.9 Å². The van der Waals surface area contributed by atoms with Gasteiger partial charge in [-0.25, -0.2) is 0 Å². The number of nitrogens with zero attached hydrogens (tertiary/aromatic N) is 1. The van der Waals surface area contributed by atoms with Gasteiger partial charge in [0.2, 0.25) is 0 Å². The number of ether oxygens (including phenoxy) is 1. The van der Waals surface area contributed by atoms with Gasteiger partial charge in [0.25, 0.3) is 11.5 Å². The van der Waals surface area contributed by atoms with Crippen LogP contribution in [0.4, 0.5) is 0 Å². The van der Waals surface area contributed by atoms with Crippen molar-refractivity contribution in [2.24, 2.45) is 0 Å². The van der Waals surface area contributed by atoms with E-state index in [4.69, 9.17) is 9.15 Å². The van der Waals surface area contributed by atoms with Crippen LogP contribution in [0.25, 0.3) is 21.0 Å². The molecule has 1 aromatic carbocycles. The highest BCUT2D eigenvalue weighted by atomic mass is 32.1. The molecule has 1 N–H and O–H groups in total. The molecule has 0 spiro atoms. The monoisotopic (exact) mass is 410 g/mol. The van der Waals surface area contributed by atoms with Gasteiger partial charge in [0.15, 0.2) is 5.75 Å². The number of unbranched alkanes of at least 4 members (excludes halogenated alkanes) is 1. The van der Waals surface area contributed by atoms with Gasteiger partial charge in [-0.1, -0.05) is 31.5 Å². The molecule has 0 saturated carbocycles. The van der Waals surface area contributed by atoms with Crippen molar-refractivity contribution in [3.05, 3.63) is 63.7 Å². The van der Waals surface area contributed by atoms with E-state index < -0.39 is 0 Å². The zero-order chi connectivity index (χ0) is 20.4. The van der Waals surface area contributed by atoms with Crippen molar-refractivity contribution in [2.45, 2.75) is 32.9 Å². The van der Waals surface area contributed by atoms with Crippen LogP contribution in [-0.4, -0.2) is 17.6 Å². The Morgan fingerprint density at radius 2 is 2.07 bits per heavy atom. The van der Waals surface area contributed by atoms with Crippen LogP contribution in [-0.2, 0) is 13.1 Å². The molecule has 1 amide bonds. The molecule has 29 heavy (non-hydrogen) atoms. The minimum Gasteiger partial charge on any atom is -0.494 e. The second-order valence-electron chi connectivity index (χ2n) is 6.76. The molecule has 3 aromatic heterocycles. The van der Waals surface area contributed by atoms with Gasteiger partial charge in [-0.2, -0.15) is 0 Å². The minimum atomic E-state index is -0.289. The largest absolute Gasteiger partial charge is 0.494 e. The Morgan fingerprint density at radius 3 is 2.79 bits per heavy atom. The molecule has 0 aliphatic carbocycles. The van der Waals surface area contributed by atoms with Crippen molar-refractivity contribution in [1.82, 2.24) is 9.88 Å². The van der Waals surface area contributed by atoms with E-state index in [1.165, 1.54) is 18.4 Å². The van der Waals surface area contributed by atoms with E-state index in [0.29, 0.717) is 28.3 Å². The Morgan fingerprint density at radius 1 is 1.24 bits per heavy atom. The number of fused-ring (bicyclic) bond motifs is 3. The third-order valence-corrected chi connectivity index (χ3v) is 6.11. The fourth-order valence-corrected chi connectivity index (χ4v) is 4.70. The highest BCUT2D eigenvalue weighted by Crippen LogP contribution is 2.39. The summed E-state index contributed by atoms with van der Waals surface area (Å²) in [6.07, 6.45) is 3.45. The fourth-order valence-electron chi connectivity index (χ4n) is 3.49. The Hall–Kier alpha value is -3.06. The van der Waals surface area contributed by atoms with E-state index in [2.05, 4.69) is 12.2 Å². The molecule has 0 radical (unpaired) electrons. The summed E-state index contributed by atoms with van der Waals surface area (Å²) in [6.45, 7) is 2.99. The van der Waals surface area contributed by atoms with E-state index in [1.54, 1.807) is 23.0 Å². The van der Waals surface area contributed by atoms with Gasteiger partial charge in [-0.05, 0) is 24.6 Å². The van der Waals surface area contributed by atoms with Gasteiger partial charge >= 0.3 is 0 Å². The highest BCUT2D eigenvalue weighted by molar-refractivity contribution is 7.22. The first-order valence-electron chi connectivity index (χ1n) is 9.58. The van der Waals surface area contributed by atoms with Crippen molar-refractivity contribution in [2.75, 3.05) is 7.11 Å². The van der Waals surface area contributed by atoms with Crippen molar-refractivity contribution < 1.29 is 13.9 Å². The lowest BCUT2D eigenvalue weighted by molar-refractivity contribution is 0.0949. The molecule has 3 heterocycles. The maximum Gasteiger partial charge on any atom is 0.265 e. The summed E-state index contributed by atoms with van der Waals surface area (Å²) in [6, 6.07) is 11.4. The number of rotatable bonds is 7. The lowest BCUT2D eigenvalue weighted by Crippen LogP contribution is -2.23. The molecule has 0 saturated heterocycles. The number of carbonyl (C=O) groups excluding carboxylic acids is 1. The number of methoxy groups -OCH3 is 1. The Bertz CT molecular complexity index is 1220. The quantitative estimate of drug-likeness (QED) is 0.485. The van der Waals surface area contributed by atoms with Crippen LogP contribution in [0.2, 0.25) is 0 Å². The molecule has 0 atom stereocenters. The predicted molar refractivity (Wildman–Crippen MR) is 115 cm³/mol. The topological polar surface area (TPSA) is 73.5 Å². The zero-order valence-electron chi connectivity index (χ0n) is 16.4. The number of aromatic nitrogens is 1. The Kier molecular flexibility index (Phi) is 5.40. The van der Waals surface area contributed by atoms with Crippen molar-refractivity contribution >= 4 is 38.2 Å². The zero-order valence-corrected chi connectivity index (χ0v) is 17.2. The summed E-state index contributed by atoms with van der Waals surface area (Å²) >= 11 is 1.29. The number of thiophene rings is 1. The average Bonchev–Trinajstić information content (AvgIpc) is 3.40. The summed E-state index contributed by atoms with van der Waals surface area (Å²) < 4.78 is 13.4. The van der Waals surface area contributed by atoms with Crippen molar-refractivity contribution in [1.29, 1.82) is 0 Å². The van der Waals surface area contributed by atoms with Gasteiger partial charge in [-0.3, -0.25) is 9.59 Å². The summed E-state index contributed by atoms with van der Waals surface area (Å²) in [4.78, 5) is 26.6. The van der Waals surface area contributed by atoms with E-state index in [0.717, 1.165) is 28.4 Å². The van der Waals surface area contributed by atoms with Gasteiger partial charge in [-0.15, -0.1) is 11.3 Å². The summed E-state index contributed by atoms with van der Waals surface area (Å²) in [7, 11) is 1.50. The van der Waals surface area contributed by atoms with Crippen molar-refractivity contribution in [3.63, 3.8) is 0 Å². The minimum absolute atomic E-state index is 0.120. The number of furan rings is 1. The lowest BCUT2D eigenvalue weighted by Gasteiger charge is -2.11. The molecule has 0 aliphatic rings. The lowest BCUT2D eigenvalue weighted by atomic mass is 10.1. The van der Waals surface area contributed by atoms with Crippen molar-refractivity contribution in [3.8, 4) is 5.75 Å². The second-order valence-corrected chi connectivity index (χ2v) is 7.78. The summed E-state index contributed by atoms with van der Waals surface area (Å²) in [5.74, 6) is 0.705. The maximum absolute atomic E-state index is 13.4. The standard InChI is InChI=1S/C22H22N2O4S/c1-3-4-11-24-16-10-6-5-9-15(16)19-17(22(24)26)18(27-2)20(29-19)21(25)23-13-14-8-7-12-28-14/h5-10,12H,3-4,11,13H2,1-2H3,(H,23,25). The Balaban J connectivity index is 1.87. The third kappa shape index (κ3) is 3.42. The molecule has 6 nitrogen and oxygen atoms in total. The molecule has 0 fully saturated rings. The number of para-hydroxylation sites is 1. The van der Waals surface area contributed by atoms with E-state index in [1.807, 2.05) is 24.3 Å². The molecule has 150 valence electrons. The number of hydrogen-bond donors (Lipinski definition) is 1. The number of aryl methyl sites for hydroxylation is 1. The van der Waals surface area contributed by atoms with E-state index >= 15 is 0 Å². The molecule has 7 heteroatoms. The second kappa shape index (κ2) is 8.13. The van der Waals surface area contributed by atoms with E-state index in [9.17, 15) is 9.59 Å². The number of amides is 1. The number of pyridine rings is 1. The number of nitrogens with one attached hydrogen (secondary N) is 1. The SMILES string of the molecule is CCCCn1c(=O)c2c(OC)c(C(=O)NCc3ccco3)sc2c2ccccc21. The molecule has 0 unspecified atom stereocenters. The Labute approximate surface area is 171 Å². The van der Waals surface area contributed by atoms with E-state index in [-0.39, 0.29) is 18.0 Å². The maximum atomic E-state index is 13.4. The first kappa shape index (κ1) is 19.3. The molecule has 0 aliphatic heterocycles. The molecule has 4 aromatic rings. The fraction of sp³-hybridized carbons (Fsp3) is 0.273. The average molecular weight is 410 g/mol. The van der Waals surface area contributed by atoms with Crippen LogP contribution in [0.3, 0.4) is 0 Å². The first-order chi connectivity index (χ1) is 14.2. The normalized spacial score (nSPS) is 11.2. The van der Waals surface area contributed by atoms with Crippen LogP contribution < -0.4 is 15.6 Å². The van der Waals surface area contributed by atoms with Crippen LogP contribution in [0.1, 0.15) is 35.2 Å². The number of carbonyl (C=O) groups is 1. The van der Waals surface area contributed by atoms with Gasteiger partial charge in [0.05, 0.1) is 30.1 Å². The smallest absolute Gasteiger partial charge is 0.265 e. The molecular formula is C22H22N2O4S. The number of hydrogen-bond acceptors (Lipinski definition) is 5. The summed E-state index contributed by atoms with van der Waals surface area (Å²) in [5, 5.41) is 4.26. The van der Waals surface area contributed by atoms with Gasteiger partial charge < -0.3 is 19.0 Å². The summed E-state index contributed by atoms with van der Waals surface area (Å²) in [5.41, 5.74) is 0.759.